The predicted molar refractivity (Wildman–Crippen MR) is 160 cm³/mol. The van der Waals surface area contributed by atoms with Crippen LogP contribution in [-0.2, 0) is 14.8 Å². The minimum absolute atomic E-state index is 0.00263. The van der Waals surface area contributed by atoms with Crippen molar-refractivity contribution in [3.63, 3.8) is 0 Å². The van der Waals surface area contributed by atoms with Gasteiger partial charge in [0, 0.05) is 17.3 Å². The summed E-state index contributed by atoms with van der Waals surface area (Å²) in [6, 6.07) is 6.51. The van der Waals surface area contributed by atoms with Crippen molar-refractivity contribution < 1.29 is 13.2 Å². The minimum Gasteiger partial charge on any atom is -0.461 e. The summed E-state index contributed by atoms with van der Waals surface area (Å²) in [5.74, 6) is 1.31. The molecular weight excluding hydrogens is 575 g/mol. The van der Waals surface area contributed by atoms with Crippen LogP contribution in [-0.4, -0.2) is 38.4 Å². The minimum atomic E-state index is -3.99. The summed E-state index contributed by atoms with van der Waals surface area (Å²) < 4.78 is 39.1. The maximum atomic E-state index is 13.4. The Balaban J connectivity index is 1.81. The van der Waals surface area contributed by atoms with Crippen LogP contribution >= 0.6 is 35.3 Å². The molecule has 0 radical (unpaired) electrons. The summed E-state index contributed by atoms with van der Waals surface area (Å²) in [4.78, 5) is 22.6. The molecule has 0 saturated heterocycles. The van der Waals surface area contributed by atoms with Gasteiger partial charge in [0.1, 0.15) is 18.1 Å². The van der Waals surface area contributed by atoms with Crippen molar-refractivity contribution in [1.29, 1.82) is 0 Å². The predicted octanol–water partition coefficient (Wildman–Crippen LogP) is 5.79. The average molecular weight is 606 g/mol. The van der Waals surface area contributed by atoms with E-state index in [9.17, 15) is 13.2 Å². The zero-order valence-electron chi connectivity index (χ0n) is 22.4. The van der Waals surface area contributed by atoms with Gasteiger partial charge in [-0.1, -0.05) is 38.5 Å². The summed E-state index contributed by atoms with van der Waals surface area (Å²) in [6.07, 6.45) is 5.73. The molecule has 1 atom stereocenters. The molecule has 0 aliphatic carbocycles. The molecule has 1 N–H and O–H groups in total. The van der Waals surface area contributed by atoms with Crippen molar-refractivity contribution in [1.82, 2.24) is 19.1 Å². The zero-order valence-corrected chi connectivity index (χ0v) is 25.6. The van der Waals surface area contributed by atoms with Crippen LogP contribution in [0.1, 0.15) is 55.9 Å². The number of imidazole rings is 2. The van der Waals surface area contributed by atoms with Crippen molar-refractivity contribution in [2.45, 2.75) is 62.7 Å². The van der Waals surface area contributed by atoms with E-state index < -0.39 is 21.8 Å². The second-order valence-electron chi connectivity index (χ2n) is 9.46. The van der Waals surface area contributed by atoms with Gasteiger partial charge in [-0.2, -0.15) is 4.98 Å². The van der Waals surface area contributed by atoms with Crippen LogP contribution in [0.25, 0.3) is 5.69 Å². The molecule has 0 bridgehead atoms. The number of fused-ring (bicyclic) bond motifs is 1. The number of aromatic nitrogens is 4. The Kier molecular flexibility index (Phi) is 9.14. The molecule has 9 nitrogen and oxygen atoms in total. The highest BCUT2D eigenvalue weighted by Crippen LogP contribution is 2.42. The van der Waals surface area contributed by atoms with E-state index in [-0.39, 0.29) is 15.9 Å². The molecule has 0 amide bonds. The van der Waals surface area contributed by atoms with E-state index in [1.54, 1.807) is 47.2 Å². The lowest BCUT2D eigenvalue weighted by atomic mass is 10.1. The van der Waals surface area contributed by atoms with Crippen molar-refractivity contribution in [2.24, 2.45) is 5.92 Å². The lowest BCUT2D eigenvalue weighted by Crippen LogP contribution is -2.25. The highest BCUT2D eigenvalue weighted by atomic mass is 32.2. The molecular formula is C26H31N5O4S4. The maximum Gasteiger partial charge on any atom is 0.354 e. The van der Waals surface area contributed by atoms with E-state index in [1.807, 2.05) is 20.8 Å². The summed E-state index contributed by atoms with van der Waals surface area (Å²) in [7, 11) is -3.99. The first kappa shape index (κ1) is 29.2. The average Bonchev–Trinajstić information content (AvgIpc) is 3.52. The first-order valence-electron chi connectivity index (χ1n) is 12.5. The Morgan fingerprint density at radius 3 is 2.56 bits per heavy atom. The number of ether oxygens (including phenoxy) is 1. The molecule has 4 rings (SSSR count). The number of nitrogens with one attached hydrogen (secondary N) is 1. The number of anilines is 1. The fourth-order valence-electron chi connectivity index (χ4n) is 3.92. The van der Waals surface area contributed by atoms with Gasteiger partial charge in [-0.3, -0.25) is 13.9 Å². The number of aryl methyl sites for hydroxylation is 2. The van der Waals surface area contributed by atoms with E-state index >= 15 is 0 Å². The molecule has 2 aliphatic rings. The van der Waals surface area contributed by atoms with Crippen molar-refractivity contribution in [3.8, 4) is 5.69 Å². The van der Waals surface area contributed by atoms with Crippen molar-refractivity contribution >= 4 is 56.3 Å². The number of thiocarbonyl (C=S) groups is 1. The van der Waals surface area contributed by atoms with Gasteiger partial charge in [-0.25, -0.2) is 18.2 Å². The molecule has 1 aromatic heterocycles. The lowest BCUT2D eigenvalue weighted by molar-refractivity contribution is 0.177. The Hall–Kier alpha value is -2.74. The number of hydrogen-bond donors (Lipinski definition) is 1. The number of hydrogen-bond acceptors (Lipinski definition) is 9. The molecule has 13 heteroatoms. The van der Waals surface area contributed by atoms with E-state index in [4.69, 9.17) is 17.0 Å². The van der Waals surface area contributed by atoms with Gasteiger partial charge in [0.15, 0.2) is 5.82 Å². The third kappa shape index (κ3) is 6.53. The highest BCUT2D eigenvalue weighted by molar-refractivity contribution is 8.01. The normalized spacial score (nSPS) is 12.7. The molecule has 39 heavy (non-hydrogen) atoms. The maximum absolute atomic E-state index is 13.4. The highest BCUT2D eigenvalue weighted by Gasteiger charge is 2.31. The zero-order chi connectivity index (χ0) is 28.3. The molecule has 1 unspecified atom stereocenters. The van der Waals surface area contributed by atoms with Gasteiger partial charge in [0.2, 0.25) is 0 Å². The summed E-state index contributed by atoms with van der Waals surface area (Å²) in [6.45, 7) is 10.0. The van der Waals surface area contributed by atoms with Crippen LogP contribution in [0.5, 0.6) is 0 Å². The van der Waals surface area contributed by atoms with Gasteiger partial charge < -0.3 is 4.74 Å². The van der Waals surface area contributed by atoms with Gasteiger partial charge in [0.25, 0.3) is 15.2 Å². The summed E-state index contributed by atoms with van der Waals surface area (Å²) in [5.41, 5.74) is 1.36. The van der Waals surface area contributed by atoms with Crippen molar-refractivity contribution in [3.05, 3.63) is 69.6 Å². The monoisotopic (exact) mass is 605 g/mol. The van der Waals surface area contributed by atoms with Crippen molar-refractivity contribution in [2.75, 3.05) is 10.5 Å². The number of thioether (sulfide) groups is 1. The first-order valence-corrected chi connectivity index (χ1v) is 16.2. The second kappa shape index (κ2) is 12.2. The molecule has 2 aliphatic heterocycles. The Labute approximate surface area is 242 Å². The van der Waals surface area contributed by atoms with Gasteiger partial charge in [0.05, 0.1) is 14.8 Å². The smallest absolute Gasteiger partial charge is 0.354 e. The lowest BCUT2D eigenvalue weighted by Gasteiger charge is -2.24. The second-order valence-corrected chi connectivity index (χ2v) is 14.1. The quantitative estimate of drug-likeness (QED) is 0.179. The van der Waals surface area contributed by atoms with Crippen LogP contribution in [0.15, 0.2) is 56.9 Å². The largest absolute Gasteiger partial charge is 0.461 e. The molecule has 0 fully saturated rings. The van der Waals surface area contributed by atoms with E-state index in [1.165, 1.54) is 28.0 Å². The molecule has 0 spiro atoms. The third-order valence-electron chi connectivity index (χ3n) is 6.01. The third-order valence-corrected chi connectivity index (χ3v) is 10.1. The molecule has 208 valence electrons. The summed E-state index contributed by atoms with van der Waals surface area (Å²) in [5, 5.41) is 0.195. The topological polar surface area (TPSA) is 108 Å². The van der Waals surface area contributed by atoms with E-state index in [0.29, 0.717) is 23.7 Å². The number of sulfonamides is 1. The molecule has 3 heterocycles. The number of rotatable bonds is 10. The Morgan fingerprint density at radius 1 is 1.23 bits per heavy atom. The Morgan fingerprint density at radius 2 is 1.95 bits per heavy atom. The van der Waals surface area contributed by atoms with Crippen LogP contribution in [0.4, 0.5) is 5.82 Å². The number of nitrogens with zero attached hydrogens (tertiary/aromatic N) is 4. The SMILES string of the molecule is CCC(OC(=S)n1ccnc1)c1c(C)sc(SCCC(C)C)c2c(NS(=O)(=O)c3ccc(C)cc3)nc(=O)n1-2. The summed E-state index contributed by atoms with van der Waals surface area (Å²) >= 11 is 8.55. The Bertz CT molecular complexity index is 1580. The van der Waals surface area contributed by atoms with Crippen LogP contribution in [0.3, 0.4) is 0 Å². The van der Waals surface area contributed by atoms with E-state index in [0.717, 1.165) is 26.8 Å². The van der Waals surface area contributed by atoms with Crippen LogP contribution in [0.2, 0.25) is 0 Å². The number of benzene rings is 1. The van der Waals surface area contributed by atoms with Crippen LogP contribution in [0, 0.1) is 19.8 Å². The fourth-order valence-corrected chi connectivity index (χ4v) is 8.00. The van der Waals surface area contributed by atoms with Crippen LogP contribution < -0.4 is 10.4 Å². The van der Waals surface area contributed by atoms with E-state index in [2.05, 4.69) is 28.5 Å². The fraction of sp³-hybridized carbons (Fsp3) is 0.385. The molecule has 2 aromatic rings. The van der Waals surface area contributed by atoms with Gasteiger partial charge in [-0.15, -0.1) is 23.1 Å². The molecule has 0 saturated carbocycles. The van der Waals surface area contributed by atoms with Gasteiger partial charge >= 0.3 is 5.69 Å². The standard InChI is InChI=1S/C26H31N5O4S4/c1-6-20(35-26(36)30-13-12-27-15-30)21-18(5)38-24(37-14-11-16(2)3)22-23(28-25(32)31(21)22)29-39(33,34)19-9-7-17(4)8-10-19/h7-10,12-13,15-16,20H,6,11,14H2,1-5H3,(H,28,29,32). The first-order chi connectivity index (χ1) is 18.5. The molecule has 1 aromatic carbocycles. The van der Waals surface area contributed by atoms with Gasteiger partial charge in [-0.05, 0) is 62.7 Å².